The van der Waals surface area contributed by atoms with E-state index in [-0.39, 0.29) is 18.9 Å². The molecule has 2 aromatic heterocycles. The van der Waals surface area contributed by atoms with Gasteiger partial charge in [0.25, 0.3) is 0 Å². The van der Waals surface area contributed by atoms with Gasteiger partial charge >= 0.3 is 0 Å². The number of aryl methyl sites for hydroxylation is 1. The van der Waals surface area contributed by atoms with Crippen molar-refractivity contribution in [3.05, 3.63) is 52.1 Å². The van der Waals surface area contributed by atoms with Gasteiger partial charge in [0.15, 0.2) is 5.82 Å². The lowest BCUT2D eigenvalue weighted by atomic mass is 10.2. The number of hydrogen-bond donors (Lipinski definition) is 0. The van der Waals surface area contributed by atoms with Gasteiger partial charge in [-0.1, -0.05) is 41.9 Å². The fourth-order valence-electron chi connectivity index (χ4n) is 2.23. The van der Waals surface area contributed by atoms with E-state index in [2.05, 4.69) is 15.1 Å². The maximum Gasteiger partial charge on any atom is 0.246 e. The van der Waals surface area contributed by atoms with Crippen LogP contribution in [0, 0.1) is 0 Å². The van der Waals surface area contributed by atoms with E-state index in [4.69, 9.17) is 16.1 Å². The van der Waals surface area contributed by atoms with Gasteiger partial charge in [-0.3, -0.25) is 4.79 Å². The summed E-state index contributed by atoms with van der Waals surface area (Å²) in [5, 5.41) is 7.16. The molecule has 0 aliphatic carbocycles. The summed E-state index contributed by atoms with van der Waals surface area (Å²) in [4.78, 5) is 22.7. The van der Waals surface area contributed by atoms with Gasteiger partial charge in [-0.2, -0.15) is 4.98 Å². The van der Waals surface area contributed by atoms with Crippen LogP contribution in [0.2, 0.25) is 5.02 Å². The molecule has 0 saturated carbocycles. The van der Waals surface area contributed by atoms with Crippen LogP contribution in [0.1, 0.15) is 24.3 Å². The Hall–Kier alpha value is -2.25. The minimum Gasteiger partial charge on any atom is -0.337 e. The van der Waals surface area contributed by atoms with Crippen LogP contribution in [0.15, 0.2) is 34.2 Å². The molecule has 0 fully saturated rings. The van der Waals surface area contributed by atoms with Crippen LogP contribution in [-0.4, -0.2) is 33.0 Å². The summed E-state index contributed by atoms with van der Waals surface area (Å²) in [6.45, 7) is 2.23. The normalized spacial score (nSPS) is 10.8. The first-order valence-electron chi connectivity index (χ1n) is 7.81. The van der Waals surface area contributed by atoms with E-state index in [1.165, 1.54) is 11.3 Å². The Labute approximate surface area is 154 Å². The van der Waals surface area contributed by atoms with E-state index >= 15 is 0 Å². The predicted octanol–water partition coefficient (Wildman–Crippen LogP) is 3.61. The lowest BCUT2D eigenvalue weighted by Crippen LogP contribution is -2.28. The number of nitrogens with zero attached hydrogens (tertiary/aromatic N) is 4. The highest BCUT2D eigenvalue weighted by molar-refractivity contribution is 7.13. The molecule has 0 unspecified atom stereocenters. The van der Waals surface area contributed by atoms with E-state index in [1.807, 2.05) is 36.6 Å². The minimum atomic E-state index is -0.0627. The summed E-state index contributed by atoms with van der Waals surface area (Å²) in [6.07, 6.45) is 0.914. The molecule has 0 bridgehead atoms. The Morgan fingerprint density at radius 2 is 2.12 bits per heavy atom. The molecule has 0 spiro atoms. The van der Waals surface area contributed by atoms with Crippen molar-refractivity contribution in [2.45, 2.75) is 26.3 Å². The lowest BCUT2D eigenvalue weighted by Gasteiger charge is -2.13. The van der Waals surface area contributed by atoms with E-state index in [1.54, 1.807) is 11.9 Å². The van der Waals surface area contributed by atoms with Crippen LogP contribution in [0.5, 0.6) is 0 Å². The molecule has 3 aromatic rings. The number of thiazole rings is 1. The zero-order valence-electron chi connectivity index (χ0n) is 13.9. The molecule has 3 rings (SSSR count). The summed E-state index contributed by atoms with van der Waals surface area (Å²) >= 11 is 7.67. The molecular weight excluding hydrogens is 360 g/mol. The van der Waals surface area contributed by atoms with Gasteiger partial charge in [-0.15, -0.1) is 11.3 Å². The number of rotatable bonds is 6. The first-order valence-corrected chi connectivity index (χ1v) is 9.07. The van der Waals surface area contributed by atoms with Crippen molar-refractivity contribution in [1.82, 2.24) is 20.0 Å². The van der Waals surface area contributed by atoms with Gasteiger partial charge in [0, 0.05) is 24.4 Å². The average molecular weight is 377 g/mol. The van der Waals surface area contributed by atoms with Crippen molar-refractivity contribution in [3.8, 4) is 10.6 Å². The Balaban J connectivity index is 1.64. The van der Waals surface area contributed by atoms with Crippen LogP contribution in [0.3, 0.4) is 0 Å². The second-order valence-electron chi connectivity index (χ2n) is 5.51. The van der Waals surface area contributed by atoms with Gasteiger partial charge < -0.3 is 9.42 Å². The molecule has 1 amide bonds. The van der Waals surface area contributed by atoms with Crippen molar-refractivity contribution in [2.75, 3.05) is 7.05 Å². The van der Waals surface area contributed by atoms with E-state index in [9.17, 15) is 4.79 Å². The van der Waals surface area contributed by atoms with Crippen molar-refractivity contribution in [2.24, 2.45) is 0 Å². The first kappa shape index (κ1) is 17.6. The highest BCUT2D eigenvalue weighted by Gasteiger charge is 2.16. The van der Waals surface area contributed by atoms with Crippen LogP contribution < -0.4 is 0 Å². The monoisotopic (exact) mass is 376 g/mol. The summed E-state index contributed by atoms with van der Waals surface area (Å²) < 4.78 is 5.12. The Morgan fingerprint density at radius 1 is 1.32 bits per heavy atom. The molecule has 0 radical (unpaired) electrons. The fraction of sp³-hybridized carbons (Fsp3) is 0.294. The van der Waals surface area contributed by atoms with Gasteiger partial charge in [-0.05, 0) is 6.07 Å². The summed E-state index contributed by atoms with van der Waals surface area (Å²) in [6, 6.07) is 7.53. The molecule has 1 aromatic carbocycles. The number of carbonyl (C=O) groups excluding carboxylic acids is 1. The molecule has 0 aliphatic rings. The number of amides is 1. The largest absolute Gasteiger partial charge is 0.337 e. The molecule has 0 aliphatic heterocycles. The molecule has 8 heteroatoms. The van der Waals surface area contributed by atoms with Crippen LogP contribution >= 0.6 is 22.9 Å². The van der Waals surface area contributed by atoms with Gasteiger partial charge in [0.1, 0.15) is 5.01 Å². The number of carbonyl (C=O) groups is 1. The lowest BCUT2D eigenvalue weighted by molar-refractivity contribution is -0.130. The van der Waals surface area contributed by atoms with E-state index in [0.717, 1.165) is 16.3 Å². The molecule has 0 N–H and O–H groups in total. The molecule has 6 nitrogen and oxygen atoms in total. The molecule has 25 heavy (non-hydrogen) atoms. The third-order valence-electron chi connectivity index (χ3n) is 3.61. The van der Waals surface area contributed by atoms with Gasteiger partial charge in [0.2, 0.25) is 11.8 Å². The average Bonchev–Trinajstić information content (AvgIpc) is 3.24. The number of halogens is 1. The van der Waals surface area contributed by atoms with Crippen molar-refractivity contribution < 1.29 is 9.32 Å². The van der Waals surface area contributed by atoms with Gasteiger partial charge in [-0.25, -0.2) is 4.98 Å². The summed E-state index contributed by atoms with van der Waals surface area (Å²) in [5.74, 6) is 1.01. The Bertz CT molecular complexity index is 877. The Morgan fingerprint density at radius 3 is 2.84 bits per heavy atom. The zero-order chi connectivity index (χ0) is 17.8. The number of aromatic nitrogens is 3. The van der Waals surface area contributed by atoms with Crippen LogP contribution in [-0.2, 0) is 24.2 Å². The van der Waals surface area contributed by atoms with Crippen LogP contribution in [0.4, 0.5) is 0 Å². The number of likely N-dealkylation sites (N-methyl/N-ethyl adjacent to an activating group) is 1. The van der Waals surface area contributed by atoms with Crippen molar-refractivity contribution in [1.29, 1.82) is 0 Å². The van der Waals surface area contributed by atoms with Gasteiger partial charge in [0.05, 0.1) is 23.7 Å². The molecule has 130 valence electrons. The second kappa shape index (κ2) is 7.76. The predicted molar refractivity (Wildman–Crippen MR) is 96.4 cm³/mol. The number of benzene rings is 1. The summed E-state index contributed by atoms with van der Waals surface area (Å²) in [7, 11) is 1.71. The van der Waals surface area contributed by atoms with Crippen LogP contribution in [0.25, 0.3) is 10.6 Å². The zero-order valence-corrected chi connectivity index (χ0v) is 15.5. The smallest absolute Gasteiger partial charge is 0.246 e. The minimum absolute atomic E-state index is 0.0627. The summed E-state index contributed by atoms with van der Waals surface area (Å²) in [5.41, 5.74) is 1.59. The number of hydrogen-bond acceptors (Lipinski definition) is 6. The van der Waals surface area contributed by atoms with Crippen molar-refractivity contribution >= 4 is 28.8 Å². The van der Waals surface area contributed by atoms with E-state index in [0.29, 0.717) is 23.2 Å². The molecule has 2 heterocycles. The van der Waals surface area contributed by atoms with E-state index < -0.39 is 0 Å². The Kier molecular flexibility index (Phi) is 5.45. The van der Waals surface area contributed by atoms with Crippen molar-refractivity contribution in [3.63, 3.8) is 0 Å². The third kappa shape index (κ3) is 4.24. The maximum atomic E-state index is 12.4. The third-order valence-corrected chi connectivity index (χ3v) is 4.87. The highest BCUT2D eigenvalue weighted by atomic mass is 35.5. The SMILES string of the molecule is CCc1noc(CN(C)C(=O)Cc2csc(-c3ccccc3Cl)n2)n1. The molecule has 0 saturated heterocycles. The first-order chi connectivity index (χ1) is 12.1. The quantitative estimate of drug-likeness (QED) is 0.657. The molecular formula is C17H17ClN4O2S. The maximum absolute atomic E-state index is 12.4. The standard InChI is InChI=1S/C17H17ClN4O2S/c1-3-14-20-15(24-21-14)9-22(2)16(23)8-11-10-25-17(19-11)12-6-4-5-7-13(12)18/h4-7,10H,3,8-9H2,1-2H3. The second-order valence-corrected chi connectivity index (χ2v) is 6.77. The highest BCUT2D eigenvalue weighted by Crippen LogP contribution is 2.30. The molecule has 0 atom stereocenters. The topological polar surface area (TPSA) is 72.1 Å². The fourth-order valence-corrected chi connectivity index (χ4v) is 3.37.